The van der Waals surface area contributed by atoms with Crippen molar-refractivity contribution in [3.63, 3.8) is 0 Å². The number of unbranched alkanes of at least 4 members (excludes halogenated alkanes) is 1. The fourth-order valence-electron chi connectivity index (χ4n) is 2.45. The Morgan fingerprint density at radius 1 is 1.11 bits per heavy atom. The van der Waals surface area contributed by atoms with E-state index in [0.29, 0.717) is 29.4 Å². The molecule has 0 aliphatic carbocycles. The van der Waals surface area contributed by atoms with Gasteiger partial charge >= 0.3 is 0 Å². The Balaban J connectivity index is 2.34. The normalized spacial score (nSPS) is 12.8. The van der Waals surface area contributed by atoms with E-state index in [2.05, 4.69) is 0 Å². The van der Waals surface area contributed by atoms with Gasteiger partial charge in [0.25, 0.3) is 10.0 Å². The first-order valence-electron chi connectivity index (χ1n) is 8.35. The number of nitrogens with zero attached hydrogens (tertiary/aromatic N) is 1. The van der Waals surface area contributed by atoms with Crippen LogP contribution in [0.4, 0.5) is 14.5 Å². The van der Waals surface area contributed by atoms with E-state index in [9.17, 15) is 21.8 Å². The van der Waals surface area contributed by atoms with Gasteiger partial charge in [0.05, 0.1) is 10.6 Å². The highest BCUT2D eigenvalue weighted by Crippen LogP contribution is 2.28. The summed E-state index contributed by atoms with van der Waals surface area (Å²) in [5.74, 6) is -0.391. The van der Waals surface area contributed by atoms with E-state index in [4.69, 9.17) is 11.6 Å². The Kier molecular flexibility index (Phi) is 7.91. The molecule has 2 aromatic carbocycles. The number of halogens is 3. The van der Waals surface area contributed by atoms with Crippen LogP contribution in [0.1, 0.15) is 19.8 Å². The molecule has 1 N–H and O–H groups in total. The van der Waals surface area contributed by atoms with E-state index in [0.717, 1.165) is 22.5 Å². The van der Waals surface area contributed by atoms with Crippen molar-refractivity contribution in [2.75, 3.05) is 22.4 Å². The Bertz CT molecular complexity index is 863. The predicted octanol–water partition coefficient (Wildman–Crippen LogP) is 4.70. The third-order valence-corrected chi connectivity index (χ3v) is 7.41. The molecule has 1 atom stereocenters. The van der Waals surface area contributed by atoms with Gasteiger partial charge in [-0.2, -0.15) is 4.55 Å². The first kappa shape index (κ1) is 21.9. The zero-order valence-corrected chi connectivity index (χ0v) is 17.1. The Morgan fingerprint density at radius 3 is 2.41 bits per heavy atom. The van der Waals surface area contributed by atoms with Crippen LogP contribution < -0.4 is 4.31 Å². The molecule has 0 aliphatic heterocycles. The summed E-state index contributed by atoms with van der Waals surface area (Å²) < 4.78 is 64.5. The molecule has 0 fully saturated rings. The highest BCUT2D eigenvalue weighted by Gasteiger charge is 2.27. The first-order chi connectivity index (χ1) is 12.8. The average Bonchev–Trinajstić information content (AvgIpc) is 2.64. The van der Waals surface area contributed by atoms with Crippen molar-refractivity contribution in [3.8, 4) is 0 Å². The fourth-order valence-corrected chi connectivity index (χ4v) is 4.90. The molecule has 148 valence electrons. The van der Waals surface area contributed by atoms with Gasteiger partial charge in [-0.15, -0.1) is 0 Å². The second-order valence-corrected chi connectivity index (χ2v) is 10.00. The molecular weight excluding hydrogens is 416 g/mol. The Labute approximate surface area is 166 Å². The number of anilines is 1. The van der Waals surface area contributed by atoms with Gasteiger partial charge in [0.2, 0.25) is 0 Å². The van der Waals surface area contributed by atoms with Crippen LogP contribution in [0.2, 0.25) is 5.02 Å². The summed E-state index contributed by atoms with van der Waals surface area (Å²) in [7, 11) is -4.11. The van der Waals surface area contributed by atoms with Gasteiger partial charge in [0.15, 0.2) is 0 Å². The van der Waals surface area contributed by atoms with Crippen LogP contribution in [0, 0.1) is 11.6 Å². The lowest BCUT2D eigenvalue weighted by atomic mass is 10.2. The van der Waals surface area contributed by atoms with E-state index >= 15 is 0 Å². The minimum Gasteiger partial charge on any atom is -0.263 e. The van der Waals surface area contributed by atoms with Gasteiger partial charge in [0, 0.05) is 17.6 Å². The van der Waals surface area contributed by atoms with E-state index < -0.39 is 32.8 Å². The van der Waals surface area contributed by atoms with E-state index in [1.165, 1.54) is 24.3 Å². The standard InChI is InChI=1S/C18H21ClF2NO3S2/c1-2-26(23)12-4-3-11-22(18-13-15(20)7-10-17(18)21)27(24,25)16-8-5-14(19)6-9-16/h5-10,13,23H,2-4,11-12H2,1H3/q+1. The number of benzene rings is 2. The third kappa shape index (κ3) is 5.81. The summed E-state index contributed by atoms with van der Waals surface area (Å²) in [4.78, 5) is -0.0639. The maximum atomic E-state index is 14.3. The maximum absolute atomic E-state index is 14.3. The van der Waals surface area contributed by atoms with Crippen molar-refractivity contribution >= 4 is 38.5 Å². The van der Waals surface area contributed by atoms with Crippen LogP contribution in [0.25, 0.3) is 0 Å². The molecule has 2 rings (SSSR count). The van der Waals surface area contributed by atoms with Crippen LogP contribution in [0.5, 0.6) is 0 Å². The quantitative estimate of drug-likeness (QED) is 0.457. The van der Waals surface area contributed by atoms with Crippen molar-refractivity contribution < 1.29 is 21.8 Å². The minimum atomic E-state index is -4.11. The molecular formula is C18H21ClF2NO3S2+. The fraction of sp³-hybridized carbons (Fsp3) is 0.333. The molecule has 2 aromatic rings. The minimum absolute atomic E-state index is 0.0355. The zero-order valence-electron chi connectivity index (χ0n) is 14.7. The molecule has 0 amide bonds. The Hall–Kier alpha value is -1.35. The smallest absolute Gasteiger partial charge is 0.263 e. The van der Waals surface area contributed by atoms with Crippen LogP contribution >= 0.6 is 11.6 Å². The highest BCUT2D eigenvalue weighted by atomic mass is 35.5. The lowest BCUT2D eigenvalue weighted by Gasteiger charge is -2.25. The molecule has 0 heterocycles. The largest absolute Gasteiger partial charge is 0.264 e. The summed E-state index contributed by atoms with van der Waals surface area (Å²) in [6, 6.07) is 8.20. The highest BCUT2D eigenvalue weighted by molar-refractivity contribution is 7.92. The van der Waals surface area contributed by atoms with Crippen LogP contribution in [-0.2, 0) is 21.2 Å². The number of rotatable bonds is 9. The molecule has 4 nitrogen and oxygen atoms in total. The third-order valence-electron chi connectivity index (χ3n) is 3.90. The second kappa shape index (κ2) is 9.73. The van der Waals surface area contributed by atoms with Crippen molar-refractivity contribution in [2.24, 2.45) is 0 Å². The summed E-state index contributed by atoms with van der Waals surface area (Å²) in [6.45, 7) is 1.83. The van der Waals surface area contributed by atoms with Crippen LogP contribution in [0.3, 0.4) is 0 Å². The van der Waals surface area contributed by atoms with Crippen LogP contribution in [0.15, 0.2) is 47.4 Å². The SMILES string of the molecule is CC[S+](O)CCCCN(c1cc(F)ccc1F)S(=O)(=O)c1ccc(Cl)cc1. The van der Waals surface area contributed by atoms with E-state index in [1.54, 1.807) is 0 Å². The van der Waals surface area contributed by atoms with Crippen LogP contribution in [-0.4, -0.2) is 31.0 Å². The van der Waals surface area contributed by atoms with E-state index in [1.807, 2.05) is 6.92 Å². The maximum Gasteiger partial charge on any atom is 0.264 e. The topological polar surface area (TPSA) is 57.6 Å². The number of sulfonamides is 1. The lowest BCUT2D eigenvalue weighted by Crippen LogP contribution is -2.33. The average molecular weight is 437 g/mol. The molecule has 0 bridgehead atoms. The van der Waals surface area contributed by atoms with Gasteiger partial charge in [0.1, 0.15) is 34.3 Å². The summed E-state index contributed by atoms with van der Waals surface area (Å²) in [5.41, 5.74) is -0.344. The summed E-state index contributed by atoms with van der Waals surface area (Å²) >= 11 is 5.09. The zero-order chi connectivity index (χ0) is 20.0. The predicted molar refractivity (Wildman–Crippen MR) is 107 cm³/mol. The molecule has 0 spiro atoms. The van der Waals surface area contributed by atoms with E-state index in [-0.39, 0.29) is 17.1 Å². The summed E-state index contributed by atoms with van der Waals surface area (Å²) in [5, 5.41) is 0.368. The molecule has 0 saturated heterocycles. The van der Waals surface area contributed by atoms with Crippen molar-refractivity contribution in [3.05, 3.63) is 59.1 Å². The molecule has 9 heteroatoms. The Morgan fingerprint density at radius 2 is 1.78 bits per heavy atom. The number of hydrogen-bond acceptors (Lipinski definition) is 3. The van der Waals surface area contributed by atoms with Gasteiger partial charge in [-0.05, 0) is 56.2 Å². The monoisotopic (exact) mass is 436 g/mol. The molecule has 0 radical (unpaired) electrons. The first-order valence-corrected chi connectivity index (χ1v) is 11.7. The molecule has 0 aromatic heterocycles. The molecule has 27 heavy (non-hydrogen) atoms. The molecule has 1 unspecified atom stereocenters. The lowest BCUT2D eigenvalue weighted by molar-refractivity contribution is 0.577. The van der Waals surface area contributed by atoms with Crippen molar-refractivity contribution in [2.45, 2.75) is 24.7 Å². The summed E-state index contributed by atoms with van der Waals surface area (Å²) in [6.07, 6.45) is 0.962. The van der Waals surface area contributed by atoms with Crippen molar-refractivity contribution in [1.82, 2.24) is 0 Å². The number of hydrogen-bond donors (Lipinski definition) is 1. The molecule has 0 aliphatic rings. The van der Waals surface area contributed by atoms with Gasteiger partial charge in [-0.1, -0.05) is 11.6 Å². The second-order valence-electron chi connectivity index (χ2n) is 5.79. The van der Waals surface area contributed by atoms with Gasteiger partial charge in [-0.25, -0.2) is 17.2 Å². The van der Waals surface area contributed by atoms with Gasteiger partial charge < -0.3 is 0 Å². The van der Waals surface area contributed by atoms with Crippen molar-refractivity contribution in [1.29, 1.82) is 0 Å². The van der Waals surface area contributed by atoms with Gasteiger partial charge in [-0.3, -0.25) is 4.31 Å². The molecule has 0 saturated carbocycles.